The van der Waals surface area contributed by atoms with E-state index < -0.39 is 8.32 Å². The topological polar surface area (TPSA) is 29.5 Å². The summed E-state index contributed by atoms with van der Waals surface area (Å²) in [5, 5.41) is 0.233. The van der Waals surface area contributed by atoms with E-state index in [2.05, 4.69) is 33.9 Å². The number of hydrogen-bond acceptors (Lipinski definition) is 2. The van der Waals surface area contributed by atoms with Crippen molar-refractivity contribution in [1.29, 1.82) is 0 Å². The van der Waals surface area contributed by atoms with Gasteiger partial charge in [0.05, 0.1) is 6.61 Å². The lowest BCUT2D eigenvalue weighted by atomic mass is 10.2. The van der Waals surface area contributed by atoms with Gasteiger partial charge in [0.1, 0.15) is 0 Å². The molecule has 3 nitrogen and oxygen atoms in total. The molecule has 0 aliphatic heterocycles. The first-order valence-corrected chi connectivity index (χ1v) is 8.87. The maximum absolute atomic E-state index is 10.8. The van der Waals surface area contributed by atoms with Gasteiger partial charge >= 0.3 is 0 Å². The van der Waals surface area contributed by atoms with Gasteiger partial charge in [-0.05, 0) is 32.0 Å². The molecule has 0 rings (SSSR count). The zero-order valence-corrected chi connectivity index (χ0v) is 12.8. The predicted molar refractivity (Wildman–Crippen MR) is 71.1 cm³/mol. The van der Waals surface area contributed by atoms with Gasteiger partial charge in [0.15, 0.2) is 8.32 Å². The van der Waals surface area contributed by atoms with Crippen LogP contribution in [0.4, 0.5) is 0 Å². The van der Waals surface area contributed by atoms with Crippen LogP contribution in [-0.4, -0.2) is 38.8 Å². The summed E-state index contributed by atoms with van der Waals surface area (Å²) in [6, 6.07) is 0.250. The fraction of sp³-hybridized carbons (Fsp3) is 0.917. The van der Waals surface area contributed by atoms with Crippen molar-refractivity contribution in [3.63, 3.8) is 0 Å². The van der Waals surface area contributed by atoms with Gasteiger partial charge in [-0.2, -0.15) is 0 Å². The highest BCUT2D eigenvalue weighted by Crippen LogP contribution is 2.36. The van der Waals surface area contributed by atoms with Gasteiger partial charge in [0.2, 0.25) is 6.41 Å². The molecule has 0 aliphatic carbocycles. The Labute approximate surface area is 101 Å². The Morgan fingerprint density at radius 2 is 1.81 bits per heavy atom. The molecule has 0 heterocycles. The zero-order valence-electron chi connectivity index (χ0n) is 11.8. The van der Waals surface area contributed by atoms with E-state index in [-0.39, 0.29) is 11.1 Å². The van der Waals surface area contributed by atoms with Gasteiger partial charge in [-0.25, -0.2) is 0 Å². The van der Waals surface area contributed by atoms with Gasteiger partial charge in [0, 0.05) is 12.6 Å². The van der Waals surface area contributed by atoms with Gasteiger partial charge in [0.25, 0.3) is 0 Å². The number of amides is 1. The minimum absolute atomic E-state index is 0.233. The number of hydrogen-bond donors (Lipinski definition) is 0. The predicted octanol–water partition coefficient (Wildman–Crippen LogP) is 2.88. The largest absolute Gasteiger partial charge is 0.415 e. The molecule has 0 aromatic heterocycles. The molecule has 0 bridgehead atoms. The quantitative estimate of drug-likeness (QED) is 0.532. The molecule has 0 aromatic carbocycles. The van der Waals surface area contributed by atoms with E-state index in [0.717, 1.165) is 6.41 Å². The van der Waals surface area contributed by atoms with Crippen LogP contribution in [-0.2, 0) is 9.22 Å². The molecule has 96 valence electrons. The summed E-state index contributed by atoms with van der Waals surface area (Å²) in [6.07, 6.45) is 0.902. The highest BCUT2D eigenvalue weighted by Gasteiger charge is 2.36. The minimum atomic E-state index is -1.66. The number of carbonyl (C=O) groups is 1. The van der Waals surface area contributed by atoms with Crippen LogP contribution in [0.2, 0.25) is 18.1 Å². The first-order chi connectivity index (χ1) is 7.12. The standard InChI is InChI=1S/C12H27NO2Si/c1-11(2)13(10-14)8-9-15-16(6,7)12(3,4)5/h10-11H,8-9H2,1-7H3. The SMILES string of the molecule is CC(C)N(C=O)CCO[Si](C)(C)C(C)(C)C. The molecule has 1 amide bonds. The van der Waals surface area contributed by atoms with Crippen LogP contribution in [0.15, 0.2) is 0 Å². The van der Waals surface area contributed by atoms with Gasteiger partial charge in [-0.15, -0.1) is 0 Å². The summed E-state index contributed by atoms with van der Waals surface area (Å²) in [6.45, 7) is 16.5. The van der Waals surface area contributed by atoms with Crippen LogP contribution in [0.5, 0.6) is 0 Å². The van der Waals surface area contributed by atoms with E-state index in [1.165, 1.54) is 0 Å². The van der Waals surface area contributed by atoms with Crippen molar-refractivity contribution in [1.82, 2.24) is 4.90 Å². The summed E-state index contributed by atoms with van der Waals surface area (Å²) in [4.78, 5) is 12.6. The van der Waals surface area contributed by atoms with E-state index in [9.17, 15) is 4.79 Å². The fourth-order valence-corrected chi connectivity index (χ4v) is 2.09. The molecule has 16 heavy (non-hydrogen) atoms. The fourth-order valence-electron chi connectivity index (χ4n) is 1.06. The van der Waals surface area contributed by atoms with E-state index in [4.69, 9.17) is 4.43 Å². The normalized spacial score (nSPS) is 13.0. The number of carbonyl (C=O) groups excluding carboxylic acids is 1. The van der Waals surface area contributed by atoms with Gasteiger partial charge in [-0.1, -0.05) is 20.8 Å². The van der Waals surface area contributed by atoms with Gasteiger partial charge < -0.3 is 9.33 Å². The van der Waals surface area contributed by atoms with Crippen molar-refractivity contribution < 1.29 is 9.22 Å². The molecule has 0 saturated heterocycles. The minimum Gasteiger partial charge on any atom is -0.415 e. The molecular weight excluding hydrogens is 218 g/mol. The zero-order chi connectivity index (χ0) is 13.0. The third-order valence-electron chi connectivity index (χ3n) is 3.42. The van der Waals surface area contributed by atoms with Crippen LogP contribution in [0.3, 0.4) is 0 Å². The van der Waals surface area contributed by atoms with E-state index in [1.54, 1.807) is 4.90 Å². The molecule has 0 spiro atoms. The number of nitrogens with zero attached hydrogens (tertiary/aromatic N) is 1. The molecule has 0 N–H and O–H groups in total. The molecule has 0 aromatic rings. The van der Waals surface area contributed by atoms with Crippen molar-refractivity contribution in [2.75, 3.05) is 13.2 Å². The first-order valence-electron chi connectivity index (χ1n) is 5.97. The van der Waals surface area contributed by atoms with E-state index in [1.807, 2.05) is 13.8 Å². The Hall–Kier alpha value is -0.353. The summed E-state index contributed by atoms with van der Waals surface area (Å²) in [5.74, 6) is 0. The molecule has 0 radical (unpaired) electrons. The highest BCUT2D eigenvalue weighted by atomic mass is 28.4. The third kappa shape index (κ3) is 4.66. The van der Waals surface area contributed by atoms with Crippen LogP contribution in [0.1, 0.15) is 34.6 Å². The average Bonchev–Trinajstić information content (AvgIpc) is 2.09. The van der Waals surface area contributed by atoms with Gasteiger partial charge in [-0.3, -0.25) is 4.79 Å². The Kier molecular flexibility index (Phi) is 5.69. The van der Waals surface area contributed by atoms with Crippen LogP contribution < -0.4 is 0 Å². The Balaban J connectivity index is 4.12. The van der Waals surface area contributed by atoms with E-state index in [0.29, 0.717) is 13.2 Å². The molecule has 0 unspecified atom stereocenters. The second-order valence-electron chi connectivity index (χ2n) is 6.05. The summed E-state index contributed by atoms with van der Waals surface area (Å²) >= 11 is 0. The van der Waals surface area contributed by atoms with Crippen molar-refractivity contribution in [2.24, 2.45) is 0 Å². The summed E-state index contributed by atoms with van der Waals surface area (Å²) < 4.78 is 6.01. The third-order valence-corrected chi connectivity index (χ3v) is 7.96. The van der Waals surface area contributed by atoms with Crippen molar-refractivity contribution in [3.8, 4) is 0 Å². The first kappa shape index (κ1) is 15.6. The van der Waals surface area contributed by atoms with Crippen molar-refractivity contribution in [2.45, 2.75) is 58.8 Å². The second kappa shape index (κ2) is 5.82. The number of rotatable bonds is 6. The average molecular weight is 245 g/mol. The Morgan fingerprint density at radius 1 is 1.31 bits per heavy atom. The second-order valence-corrected chi connectivity index (χ2v) is 10.9. The Morgan fingerprint density at radius 3 is 2.12 bits per heavy atom. The molecule has 0 fully saturated rings. The lowest BCUT2D eigenvalue weighted by Crippen LogP contribution is -2.43. The molecule has 4 heteroatoms. The molecular formula is C12H27NO2Si. The highest BCUT2D eigenvalue weighted by molar-refractivity contribution is 6.74. The smallest absolute Gasteiger partial charge is 0.210 e. The molecule has 0 saturated carbocycles. The van der Waals surface area contributed by atoms with Crippen molar-refractivity contribution in [3.05, 3.63) is 0 Å². The van der Waals surface area contributed by atoms with Crippen molar-refractivity contribution >= 4 is 14.7 Å². The Bertz CT molecular complexity index is 222. The molecule has 0 atom stereocenters. The monoisotopic (exact) mass is 245 g/mol. The lowest BCUT2D eigenvalue weighted by Gasteiger charge is -2.36. The molecule has 0 aliphatic rings. The van der Waals surface area contributed by atoms with E-state index >= 15 is 0 Å². The van der Waals surface area contributed by atoms with Crippen LogP contribution >= 0.6 is 0 Å². The summed E-state index contributed by atoms with van der Waals surface area (Å²) in [7, 11) is -1.66. The maximum Gasteiger partial charge on any atom is 0.210 e. The summed E-state index contributed by atoms with van der Waals surface area (Å²) in [5.41, 5.74) is 0. The maximum atomic E-state index is 10.8. The van der Waals surface area contributed by atoms with Crippen LogP contribution in [0.25, 0.3) is 0 Å². The van der Waals surface area contributed by atoms with Crippen LogP contribution in [0, 0.1) is 0 Å². The lowest BCUT2D eigenvalue weighted by molar-refractivity contribution is -0.120.